The maximum Gasteiger partial charge on any atom is 0.323 e. The first kappa shape index (κ1) is 14.5. The Labute approximate surface area is 104 Å². The molecule has 17 heavy (non-hydrogen) atoms. The molecule has 0 amide bonds. The number of carbonyl (C=O) groups excluding carboxylic acids is 1. The largest absolute Gasteiger partial charge is 0.465 e. The van der Waals surface area contributed by atoms with Gasteiger partial charge in [-0.3, -0.25) is 9.69 Å². The van der Waals surface area contributed by atoms with Crippen molar-refractivity contribution in [3.05, 3.63) is 0 Å². The third-order valence-corrected chi connectivity index (χ3v) is 3.46. The van der Waals surface area contributed by atoms with Crippen LogP contribution in [0.15, 0.2) is 0 Å². The van der Waals surface area contributed by atoms with Crippen LogP contribution in [-0.4, -0.2) is 47.8 Å². The molecule has 0 aromatic heterocycles. The van der Waals surface area contributed by atoms with E-state index in [4.69, 9.17) is 4.74 Å². The van der Waals surface area contributed by atoms with Crippen LogP contribution in [0, 0.1) is 0 Å². The lowest BCUT2D eigenvalue weighted by Crippen LogP contribution is -2.50. The molecule has 0 radical (unpaired) electrons. The topological polar surface area (TPSA) is 49.8 Å². The highest BCUT2D eigenvalue weighted by Crippen LogP contribution is 2.19. The van der Waals surface area contributed by atoms with Crippen molar-refractivity contribution < 1.29 is 14.6 Å². The minimum absolute atomic E-state index is 0.123. The summed E-state index contributed by atoms with van der Waals surface area (Å²) in [5.41, 5.74) is 0. The summed E-state index contributed by atoms with van der Waals surface area (Å²) >= 11 is 0. The molecule has 0 spiro atoms. The third kappa shape index (κ3) is 4.28. The number of aliphatic hydroxyl groups is 1. The maximum absolute atomic E-state index is 11.8. The van der Waals surface area contributed by atoms with Gasteiger partial charge >= 0.3 is 5.97 Å². The first-order chi connectivity index (χ1) is 8.20. The Hall–Kier alpha value is -0.610. The van der Waals surface area contributed by atoms with Crippen LogP contribution in [0.3, 0.4) is 0 Å². The van der Waals surface area contributed by atoms with Gasteiger partial charge in [-0.05, 0) is 32.7 Å². The van der Waals surface area contributed by atoms with E-state index in [0.29, 0.717) is 6.61 Å². The van der Waals surface area contributed by atoms with E-state index >= 15 is 0 Å². The Kier molecular flexibility index (Phi) is 6.52. The molecule has 0 saturated carbocycles. The molecular weight excluding hydrogens is 218 g/mol. The molecule has 0 aromatic rings. The molecule has 1 aliphatic rings. The van der Waals surface area contributed by atoms with E-state index in [9.17, 15) is 9.90 Å². The number of unbranched alkanes of at least 4 members (excludes halogenated alkanes) is 1. The summed E-state index contributed by atoms with van der Waals surface area (Å²) in [4.78, 5) is 13.9. The molecule has 0 aromatic carbocycles. The SMILES string of the molecule is CCCCOC(=O)C(C)N1CCCC[C@@H]1CO. The average Bonchev–Trinajstić information content (AvgIpc) is 2.38. The highest BCUT2D eigenvalue weighted by Gasteiger charge is 2.30. The van der Waals surface area contributed by atoms with Gasteiger partial charge < -0.3 is 9.84 Å². The molecule has 100 valence electrons. The molecule has 1 aliphatic heterocycles. The molecular formula is C13H25NO3. The fourth-order valence-electron chi connectivity index (χ4n) is 2.30. The summed E-state index contributed by atoms with van der Waals surface area (Å²) in [5, 5.41) is 9.31. The van der Waals surface area contributed by atoms with Gasteiger partial charge in [0, 0.05) is 6.04 Å². The van der Waals surface area contributed by atoms with Crippen molar-refractivity contribution in [2.24, 2.45) is 0 Å². The second-order valence-electron chi connectivity index (χ2n) is 4.77. The van der Waals surface area contributed by atoms with Crippen LogP contribution in [0.25, 0.3) is 0 Å². The van der Waals surface area contributed by atoms with Crippen LogP contribution in [0.1, 0.15) is 46.0 Å². The van der Waals surface area contributed by atoms with Crippen molar-refractivity contribution in [2.75, 3.05) is 19.8 Å². The van der Waals surface area contributed by atoms with Crippen molar-refractivity contribution in [1.29, 1.82) is 0 Å². The van der Waals surface area contributed by atoms with Crippen LogP contribution in [-0.2, 0) is 9.53 Å². The number of hydrogen-bond donors (Lipinski definition) is 1. The Bertz CT molecular complexity index is 233. The lowest BCUT2D eigenvalue weighted by atomic mass is 10.0. The minimum Gasteiger partial charge on any atom is -0.465 e. The van der Waals surface area contributed by atoms with Crippen molar-refractivity contribution in [3.63, 3.8) is 0 Å². The molecule has 1 rings (SSSR count). The second-order valence-corrected chi connectivity index (χ2v) is 4.77. The molecule has 1 saturated heterocycles. The van der Waals surface area contributed by atoms with E-state index in [2.05, 4.69) is 11.8 Å². The Morgan fingerprint density at radius 2 is 2.29 bits per heavy atom. The second kappa shape index (κ2) is 7.67. The zero-order valence-corrected chi connectivity index (χ0v) is 11.0. The Balaban J connectivity index is 2.42. The first-order valence-electron chi connectivity index (χ1n) is 6.74. The van der Waals surface area contributed by atoms with Crippen LogP contribution >= 0.6 is 0 Å². The predicted molar refractivity (Wildman–Crippen MR) is 66.8 cm³/mol. The number of piperidine rings is 1. The monoisotopic (exact) mass is 243 g/mol. The maximum atomic E-state index is 11.8. The molecule has 1 fully saturated rings. The van der Waals surface area contributed by atoms with Gasteiger partial charge in [-0.2, -0.15) is 0 Å². The first-order valence-corrected chi connectivity index (χ1v) is 6.74. The average molecular weight is 243 g/mol. The Morgan fingerprint density at radius 3 is 2.94 bits per heavy atom. The minimum atomic E-state index is -0.232. The van der Waals surface area contributed by atoms with Crippen molar-refractivity contribution in [1.82, 2.24) is 4.90 Å². The highest BCUT2D eigenvalue weighted by molar-refractivity contribution is 5.75. The van der Waals surface area contributed by atoms with Crippen LogP contribution in [0.4, 0.5) is 0 Å². The number of ether oxygens (including phenoxy) is 1. The van der Waals surface area contributed by atoms with Crippen LogP contribution in [0.2, 0.25) is 0 Å². The molecule has 1 N–H and O–H groups in total. The normalized spacial score (nSPS) is 23.4. The van der Waals surface area contributed by atoms with E-state index in [1.165, 1.54) is 0 Å². The molecule has 2 atom stereocenters. The smallest absolute Gasteiger partial charge is 0.323 e. The summed E-state index contributed by atoms with van der Waals surface area (Å²) in [6.45, 7) is 5.48. The fraction of sp³-hybridized carbons (Fsp3) is 0.923. The van der Waals surface area contributed by atoms with Gasteiger partial charge in [0.2, 0.25) is 0 Å². The molecule has 4 nitrogen and oxygen atoms in total. The summed E-state index contributed by atoms with van der Waals surface area (Å²) < 4.78 is 5.23. The van der Waals surface area contributed by atoms with Gasteiger partial charge in [-0.1, -0.05) is 19.8 Å². The quantitative estimate of drug-likeness (QED) is 0.568. The summed E-state index contributed by atoms with van der Waals surface area (Å²) in [6, 6.07) is -0.109. The fourth-order valence-corrected chi connectivity index (χ4v) is 2.30. The van der Waals surface area contributed by atoms with E-state index in [-0.39, 0.29) is 24.7 Å². The number of likely N-dealkylation sites (tertiary alicyclic amines) is 1. The van der Waals surface area contributed by atoms with Gasteiger partial charge in [0.15, 0.2) is 0 Å². The lowest BCUT2D eigenvalue weighted by molar-refractivity contribution is -0.151. The molecule has 4 heteroatoms. The summed E-state index contributed by atoms with van der Waals surface area (Å²) in [7, 11) is 0. The zero-order valence-electron chi connectivity index (χ0n) is 11.0. The molecule has 1 heterocycles. The van der Waals surface area contributed by atoms with Crippen molar-refractivity contribution in [3.8, 4) is 0 Å². The van der Waals surface area contributed by atoms with E-state index < -0.39 is 0 Å². The third-order valence-electron chi connectivity index (χ3n) is 3.46. The zero-order chi connectivity index (χ0) is 12.7. The van der Waals surface area contributed by atoms with Crippen molar-refractivity contribution in [2.45, 2.75) is 58.0 Å². The van der Waals surface area contributed by atoms with E-state index in [1.807, 2.05) is 6.92 Å². The summed E-state index contributed by atoms with van der Waals surface area (Å²) in [6.07, 6.45) is 5.16. The van der Waals surface area contributed by atoms with Gasteiger partial charge in [0.25, 0.3) is 0 Å². The van der Waals surface area contributed by atoms with E-state index in [0.717, 1.165) is 38.6 Å². The van der Waals surface area contributed by atoms with Gasteiger partial charge in [-0.15, -0.1) is 0 Å². The predicted octanol–water partition coefficient (Wildman–Crippen LogP) is 1.56. The highest BCUT2D eigenvalue weighted by atomic mass is 16.5. The number of carbonyl (C=O) groups is 1. The molecule has 0 bridgehead atoms. The number of esters is 1. The standard InChI is InChI=1S/C13H25NO3/c1-3-4-9-17-13(16)11(2)14-8-6-5-7-12(14)10-15/h11-12,15H,3-10H2,1-2H3/t11?,12-/m1/s1. The number of nitrogens with zero attached hydrogens (tertiary/aromatic N) is 1. The van der Waals surface area contributed by atoms with Crippen LogP contribution in [0.5, 0.6) is 0 Å². The number of aliphatic hydroxyl groups excluding tert-OH is 1. The van der Waals surface area contributed by atoms with E-state index in [1.54, 1.807) is 0 Å². The molecule has 1 unspecified atom stereocenters. The Morgan fingerprint density at radius 1 is 1.53 bits per heavy atom. The molecule has 0 aliphatic carbocycles. The number of rotatable bonds is 6. The van der Waals surface area contributed by atoms with Crippen LogP contribution < -0.4 is 0 Å². The summed E-state index contributed by atoms with van der Waals surface area (Å²) in [5.74, 6) is -0.154. The van der Waals surface area contributed by atoms with Gasteiger partial charge in [0.1, 0.15) is 6.04 Å². The van der Waals surface area contributed by atoms with Gasteiger partial charge in [-0.25, -0.2) is 0 Å². The lowest BCUT2D eigenvalue weighted by Gasteiger charge is -2.37. The van der Waals surface area contributed by atoms with Gasteiger partial charge in [0.05, 0.1) is 13.2 Å². The van der Waals surface area contributed by atoms with Crippen molar-refractivity contribution >= 4 is 5.97 Å². The number of hydrogen-bond acceptors (Lipinski definition) is 4.